The maximum Gasteiger partial charge on any atom is 0.174 e. The van der Waals surface area contributed by atoms with Crippen molar-refractivity contribution in [2.45, 2.75) is 6.92 Å². The van der Waals surface area contributed by atoms with Crippen molar-refractivity contribution >= 4 is 45.8 Å². The number of hydrogen-bond donors (Lipinski definition) is 0. The summed E-state index contributed by atoms with van der Waals surface area (Å²) < 4.78 is 11.9. The zero-order valence-electron chi connectivity index (χ0n) is 12.8. The molecule has 0 unspecified atom stereocenters. The Morgan fingerprint density at radius 2 is 2.13 bits per heavy atom. The topological polar surface area (TPSA) is 42.2 Å². The number of rotatable bonds is 5. The molecule has 2 rings (SSSR count). The number of halogens is 2. The van der Waals surface area contributed by atoms with Gasteiger partial charge in [-0.2, -0.15) is 5.26 Å². The third-order valence-electron chi connectivity index (χ3n) is 3.11. The lowest BCUT2D eigenvalue weighted by atomic mass is 10.0. The Hall–Kier alpha value is -1.71. The summed E-state index contributed by atoms with van der Waals surface area (Å²) >= 11 is 8.20. The number of benzene rings is 2. The lowest BCUT2D eigenvalue weighted by molar-refractivity contribution is 0.308. The third kappa shape index (κ3) is 4.40. The fraction of sp³-hybridized carbons (Fsp3) is 0.167. The maximum absolute atomic E-state index is 9.45. The highest BCUT2D eigenvalue weighted by atomic mass is 127. The molecule has 2 aromatic rings. The van der Waals surface area contributed by atoms with E-state index < -0.39 is 0 Å². The fourth-order valence-electron chi connectivity index (χ4n) is 2.11. The molecule has 3 nitrogen and oxygen atoms in total. The Balaban J connectivity index is 2.49. The van der Waals surface area contributed by atoms with Gasteiger partial charge in [-0.15, -0.1) is 0 Å². The van der Waals surface area contributed by atoms with Crippen LogP contribution in [0.3, 0.4) is 0 Å². The highest BCUT2D eigenvalue weighted by molar-refractivity contribution is 14.1. The Morgan fingerprint density at radius 1 is 1.35 bits per heavy atom. The van der Waals surface area contributed by atoms with Crippen LogP contribution >= 0.6 is 34.2 Å². The van der Waals surface area contributed by atoms with E-state index in [2.05, 4.69) is 28.7 Å². The lowest BCUT2D eigenvalue weighted by Crippen LogP contribution is -1.98. The first kappa shape index (κ1) is 17.6. The molecule has 0 aliphatic carbocycles. The van der Waals surface area contributed by atoms with Crippen LogP contribution in [-0.2, 0) is 0 Å². The zero-order valence-corrected chi connectivity index (χ0v) is 15.7. The van der Waals surface area contributed by atoms with Crippen LogP contribution in [0, 0.1) is 14.9 Å². The van der Waals surface area contributed by atoms with Gasteiger partial charge >= 0.3 is 0 Å². The molecule has 0 aliphatic heterocycles. The molecule has 0 radical (unpaired) electrons. The van der Waals surface area contributed by atoms with E-state index >= 15 is 0 Å². The summed E-state index contributed by atoms with van der Waals surface area (Å²) in [5.74, 6) is 1.36. The third-order valence-corrected chi connectivity index (χ3v) is 4.14. The molecule has 0 spiro atoms. The van der Waals surface area contributed by atoms with Crippen LogP contribution in [0.2, 0.25) is 5.02 Å². The predicted octanol–water partition coefficient (Wildman–Crippen LogP) is 5.42. The Labute approximate surface area is 154 Å². The van der Waals surface area contributed by atoms with Crippen molar-refractivity contribution in [3.05, 3.63) is 56.1 Å². The van der Waals surface area contributed by atoms with Gasteiger partial charge in [0.2, 0.25) is 0 Å². The van der Waals surface area contributed by atoms with Crippen LogP contribution in [-0.4, -0.2) is 13.7 Å². The molecule has 0 N–H and O–H groups in total. The standard InChI is InChI=1S/C18H15ClINO2/c1-3-23-18-16(20)8-12(9-17(18)22-2)7-14(11-21)13-5-4-6-15(19)10-13/h4-10H,3H2,1-2H3/b14-7-. The van der Waals surface area contributed by atoms with Gasteiger partial charge in [-0.1, -0.05) is 23.7 Å². The number of nitriles is 1. The first-order valence-electron chi connectivity index (χ1n) is 6.97. The normalized spacial score (nSPS) is 11.0. The van der Waals surface area contributed by atoms with Crippen molar-refractivity contribution in [2.24, 2.45) is 0 Å². The first-order chi connectivity index (χ1) is 11.1. The summed E-state index contributed by atoms with van der Waals surface area (Å²) in [7, 11) is 1.60. The predicted molar refractivity (Wildman–Crippen MR) is 102 cm³/mol. The van der Waals surface area contributed by atoms with Crippen molar-refractivity contribution in [1.29, 1.82) is 5.26 Å². The van der Waals surface area contributed by atoms with Gasteiger partial charge < -0.3 is 9.47 Å². The number of nitrogens with zero attached hydrogens (tertiary/aromatic N) is 1. The van der Waals surface area contributed by atoms with Crippen molar-refractivity contribution in [1.82, 2.24) is 0 Å². The van der Waals surface area contributed by atoms with Gasteiger partial charge in [0.1, 0.15) is 0 Å². The number of methoxy groups -OCH3 is 1. The van der Waals surface area contributed by atoms with Crippen LogP contribution in [0.15, 0.2) is 36.4 Å². The molecular formula is C18H15ClINO2. The number of allylic oxidation sites excluding steroid dienone is 1. The van der Waals surface area contributed by atoms with Gasteiger partial charge in [0.25, 0.3) is 0 Å². The molecule has 2 aromatic carbocycles. The molecule has 0 heterocycles. The van der Waals surface area contributed by atoms with Crippen LogP contribution in [0.5, 0.6) is 11.5 Å². The molecule has 5 heteroatoms. The van der Waals surface area contributed by atoms with Crippen LogP contribution in [0.1, 0.15) is 18.1 Å². The number of hydrogen-bond acceptors (Lipinski definition) is 3. The van der Waals surface area contributed by atoms with E-state index in [1.807, 2.05) is 37.3 Å². The average Bonchev–Trinajstić information content (AvgIpc) is 2.54. The van der Waals surface area contributed by atoms with Gasteiger partial charge in [0.05, 0.1) is 28.9 Å². The first-order valence-corrected chi connectivity index (χ1v) is 8.42. The van der Waals surface area contributed by atoms with Gasteiger partial charge in [-0.05, 0) is 71.0 Å². The molecule has 0 fully saturated rings. The van der Waals surface area contributed by atoms with Gasteiger partial charge in [-0.25, -0.2) is 0 Å². The monoisotopic (exact) mass is 439 g/mol. The molecule has 118 valence electrons. The van der Waals surface area contributed by atoms with E-state index in [1.54, 1.807) is 19.2 Å². The van der Waals surface area contributed by atoms with E-state index in [0.29, 0.717) is 28.7 Å². The molecule has 23 heavy (non-hydrogen) atoms. The minimum absolute atomic E-state index is 0.537. The molecule has 0 aliphatic rings. The zero-order chi connectivity index (χ0) is 16.8. The van der Waals surface area contributed by atoms with Gasteiger partial charge in [0.15, 0.2) is 11.5 Å². The fourth-order valence-corrected chi connectivity index (χ4v) is 3.08. The van der Waals surface area contributed by atoms with Crippen molar-refractivity contribution in [3.63, 3.8) is 0 Å². The Morgan fingerprint density at radius 3 is 2.74 bits per heavy atom. The summed E-state index contributed by atoms with van der Waals surface area (Å²) in [6, 6.07) is 13.3. The molecule has 0 saturated heterocycles. The van der Waals surface area contributed by atoms with E-state index in [-0.39, 0.29) is 0 Å². The largest absolute Gasteiger partial charge is 0.493 e. The second-order valence-corrected chi connectivity index (χ2v) is 6.25. The summed E-state index contributed by atoms with van der Waals surface area (Å²) in [4.78, 5) is 0. The second-order valence-electron chi connectivity index (χ2n) is 4.65. The molecule has 0 aromatic heterocycles. The second kappa shape index (κ2) is 8.23. The highest BCUT2D eigenvalue weighted by Crippen LogP contribution is 2.35. The van der Waals surface area contributed by atoms with E-state index in [9.17, 15) is 5.26 Å². The van der Waals surface area contributed by atoms with Crippen molar-refractivity contribution in [2.75, 3.05) is 13.7 Å². The SMILES string of the molecule is CCOc1c(I)cc(/C=C(/C#N)c2cccc(Cl)c2)cc1OC. The van der Waals surface area contributed by atoms with E-state index in [0.717, 1.165) is 14.7 Å². The molecule has 0 bridgehead atoms. The molecule has 0 atom stereocenters. The maximum atomic E-state index is 9.45. The van der Waals surface area contributed by atoms with E-state index in [4.69, 9.17) is 21.1 Å². The van der Waals surface area contributed by atoms with Crippen molar-refractivity contribution in [3.8, 4) is 17.6 Å². The smallest absolute Gasteiger partial charge is 0.174 e. The lowest BCUT2D eigenvalue weighted by Gasteiger charge is -2.12. The van der Waals surface area contributed by atoms with E-state index in [1.165, 1.54) is 0 Å². The van der Waals surface area contributed by atoms with Gasteiger partial charge in [0, 0.05) is 5.02 Å². The molecule has 0 saturated carbocycles. The summed E-state index contributed by atoms with van der Waals surface area (Å²) in [5.41, 5.74) is 2.18. The minimum Gasteiger partial charge on any atom is -0.493 e. The number of ether oxygens (including phenoxy) is 2. The van der Waals surface area contributed by atoms with Crippen molar-refractivity contribution < 1.29 is 9.47 Å². The molecule has 0 amide bonds. The highest BCUT2D eigenvalue weighted by Gasteiger charge is 2.11. The summed E-state index contributed by atoms with van der Waals surface area (Å²) in [6.07, 6.45) is 1.81. The minimum atomic E-state index is 0.537. The van der Waals surface area contributed by atoms with Crippen LogP contribution < -0.4 is 9.47 Å². The average molecular weight is 440 g/mol. The summed E-state index contributed by atoms with van der Waals surface area (Å²) in [5, 5.41) is 10.0. The summed E-state index contributed by atoms with van der Waals surface area (Å²) in [6.45, 7) is 2.49. The quantitative estimate of drug-likeness (QED) is 0.355. The Kier molecular flexibility index (Phi) is 6.31. The molecular weight excluding hydrogens is 425 g/mol. The Bertz CT molecular complexity index is 781. The van der Waals surface area contributed by atoms with Crippen LogP contribution in [0.25, 0.3) is 11.6 Å². The van der Waals surface area contributed by atoms with Crippen LogP contribution in [0.4, 0.5) is 0 Å². The van der Waals surface area contributed by atoms with Gasteiger partial charge in [-0.3, -0.25) is 0 Å².